The van der Waals surface area contributed by atoms with Gasteiger partial charge in [-0.15, -0.1) is 0 Å². The highest BCUT2D eigenvalue weighted by Crippen LogP contribution is 2.30. The number of aromatic nitrogens is 2. The Morgan fingerprint density at radius 2 is 2.06 bits per heavy atom. The van der Waals surface area contributed by atoms with E-state index >= 15 is 0 Å². The first-order chi connectivity index (χ1) is 16.3. The van der Waals surface area contributed by atoms with Gasteiger partial charge in [0.25, 0.3) is 0 Å². The number of nitrogens with two attached hydrogens (primary N) is 1. The number of halogens is 2. The zero-order valence-corrected chi connectivity index (χ0v) is 20.5. The van der Waals surface area contributed by atoms with Gasteiger partial charge >= 0.3 is 0 Å². The number of aryl methyl sites for hydroxylation is 1. The number of benzene rings is 1. The van der Waals surface area contributed by atoms with Crippen molar-refractivity contribution < 1.29 is 8.78 Å². The van der Waals surface area contributed by atoms with E-state index in [2.05, 4.69) is 27.1 Å². The zero-order valence-electron chi connectivity index (χ0n) is 19.7. The molecule has 0 saturated heterocycles. The van der Waals surface area contributed by atoms with Crippen molar-refractivity contribution in [1.82, 2.24) is 14.9 Å². The zero-order chi connectivity index (χ0) is 24.6. The quantitative estimate of drug-likeness (QED) is 0.255. The second-order valence-corrected chi connectivity index (χ2v) is 9.44. The molecule has 3 rings (SSSR count). The number of hydrogen-bond donors (Lipinski definition) is 3. The molecular formula is C25H32F2N6S. The normalized spacial score (nSPS) is 12.4. The topological polar surface area (TPSA) is 90.9 Å². The molecule has 6 nitrogen and oxygen atoms in total. The smallest absolute Gasteiger partial charge is 0.246 e. The molecule has 0 bridgehead atoms. The van der Waals surface area contributed by atoms with Gasteiger partial charge in [0.2, 0.25) is 5.92 Å². The van der Waals surface area contributed by atoms with Crippen molar-refractivity contribution in [1.29, 1.82) is 5.41 Å². The molecule has 0 spiro atoms. The van der Waals surface area contributed by atoms with Crippen molar-refractivity contribution >= 4 is 44.3 Å². The van der Waals surface area contributed by atoms with Gasteiger partial charge in [-0.05, 0) is 74.7 Å². The molecule has 3 aromatic rings. The Morgan fingerprint density at radius 1 is 1.24 bits per heavy atom. The van der Waals surface area contributed by atoms with Crippen LogP contribution < -0.4 is 11.1 Å². The fraction of sp³-hybridized carbons (Fsp3) is 0.400. The number of nitrogens with one attached hydrogen (secondary N) is 2. The molecule has 0 unspecified atom stereocenters. The van der Waals surface area contributed by atoms with E-state index < -0.39 is 5.92 Å². The number of allylic oxidation sites excluding steroid dienone is 1. The van der Waals surface area contributed by atoms with Gasteiger partial charge in [0.05, 0.1) is 10.2 Å². The van der Waals surface area contributed by atoms with Crippen LogP contribution in [0, 0.1) is 5.41 Å². The van der Waals surface area contributed by atoms with Crippen molar-refractivity contribution in [3.8, 4) is 0 Å². The summed E-state index contributed by atoms with van der Waals surface area (Å²) >= 11 is 1.51. The molecule has 9 heteroatoms. The summed E-state index contributed by atoms with van der Waals surface area (Å²) in [6, 6.07) is 9.78. The maximum Gasteiger partial charge on any atom is 0.246 e. The third-order valence-electron chi connectivity index (χ3n) is 5.46. The standard InChI is InChI=1S/C25H32F2N6S/c1-3-11-33(13-9-25(2,26)27)12-4-5-18-8-10-30-23(14-18)32-24-31-21-7-6-19(15-22(21)34-24)20(16-28)17-29/h6-8,10,14-17,28H,3-5,9,11-13,29H2,1-2H3,(H,30,31,32)/b20-17+,28-16?. The van der Waals surface area contributed by atoms with Crippen LogP contribution in [0.3, 0.4) is 0 Å². The van der Waals surface area contributed by atoms with Gasteiger partial charge in [0.15, 0.2) is 5.13 Å². The Hall–Kier alpha value is -2.91. The minimum absolute atomic E-state index is 0.106. The first-order valence-corrected chi connectivity index (χ1v) is 12.3. The van der Waals surface area contributed by atoms with E-state index in [0.29, 0.717) is 12.1 Å². The summed E-state index contributed by atoms with van der Waals surface area (Å²) < 4.78 is 27.4. The Kier molecular flexibility index (Phi) is 9.06. The SMILES string of the molecule is CCCN(CCCc1ccnc(Nc2nc3ccc(/C(C=N)=C/N)cc3s2)c1)CCC(C)(F)F. The van der Waals surface area contributed by atoms with Crippen LogP contribution >= 0.6 is 11.3 Å². The number of nitrogens with zero attached hydrogens (tertiary/aromatic N) is 3. The van der Waals surface area contributed by atoms with Gasteiger partial charge in [-0.1, -0.05) is 24.3 Å². The van der Waals surface area contributed by atoms with Crippen LogP contribution in [0.15, 0.2) is 42.7 Å². The average molecular weight is 487 g/mol. The largest absolute Gasteiger partial charge is 0.404 e. The number of fused-ring (bicyclic) bond motifs is 1. The number of rotatable bonds is 13. The first kappa shape index (κ1) is 25.7. The second kappa shape index (κ2) is 12.0. The fourth-order valence-corrected chi connectivity index (χ4v) is 4.62. The monoisotopic (exact) mass is 486 g/mol. The highest BCUT2D eigenvalue weighted by atomic mass is 32.1. The number of anilines is 2. The molecule has 0 aliphatic rings. The molecule has 1 aromatic carbocycles. The third kappa shape index (κ3) is 7.56. The molecule has 2 aromatic heterocycles. The van der Waals surface area contributed by atoms with Crippen LogP contribution in [0.5, 0.6) is 0 Å². The molecule has 0 amide bonds. The molecule has 0 aliphatic heterocycles. The summed E-state index contributed by atoms with van der Waals surface area (Å²) in [6.07, 6.45) is 7.01. The molecule has 0 aliphatic carbocycles. The van der Waals surface area contributed by atoms with Crippen LogP contribution in [-0.4, -0.2) is 46.6 Å². The molecule has 2 heterocycles. The summed E-state index contributed by atoms with van der Waals surface area (Å²) in [4.78, 5) is 11.2. The van der Waals surface area contributed by atoms with Crippen LogP contribution in [0.1, 0.15) is 44.2 Å². The summed E-state index contributed by atoms with van der Waals surface area (Å²) in [5.74, 6) is -1.90. The van der Waals surface area contributed by atoms with Crippen molar-refractivity contribution in [2.24, 2.45) is 5.73 Å². The third-order valence-corrected chi connectivity index (χ3v) is 6.40. The van der Waals surface area contributed by atoms with Crippen LogP contribution in [0.2, 0.25) is 0 Å². The van der Waals surface area contributed by atoms with Crippen molar-refractivity contribution in [3.63, 3.8) is 0 Å². The predicted octanol–water partition coefficient (Wildman–Crippen LogP) is 6.07. The summed E-state index contributed by atoms with van der Waals surface area (Å²) in [6.45, 7) is 5.10. The molecule has 0 saturated carbocycles. The highest BCUT2D eigenvalue weighted by Gasteiger charge is 2.21. The fourth-order valence-electron chi connectivity index (χ4n) is 3.71. The van der Waals surface area contributed by atoms with E-state index in [1.807, 2.05) is 30.3 Å². The molecule has 4 N–H and O–H groups in total. The molecule has 0 radical (unpaired) electrons. The molecule has 0 fully saturated rings. The lowest BCUT2D eigenvalue weighted by atomic mass is 10.1. The maximum atomic E-state index is 13.2. The van der Waals surface area contributed by atoms with E-state index in [1.54, 1.807) is 6.20 Å². The lowest BCUT2D eigenvalue weighted by molar-refractivity contribution is 0.00311. The van der Waals surface area contributed by atoms with Crippen LogP contribution in [0.4, 0.5) is 19.7 Å². The minimum atomic E-state index is -2.62. The Labute approximate surface area is 203 Å². The van der Waals surface area contributed by atoms with Crippen LogP contribution in [0.25, 0.3) is 15.8 Å². The summed E-state index contributed by atoms with van der Waals surface area (Å²) in [5.41, 5.74) is 9.13. The Morgan fingerprint density at radius 3 is 2.76 bits per heavy atom. The molecule has 0 atom stereocenters. The van der Waals surface area contributed by atoms with E-state index in [9.17, 15) is 8.78 Å². The molecular weight excluding hydrogens is 454 g/mol. The van der Waals surface area contributed by atoms with Crippen molar-refractivity contribution in [2.75, 3.05) is 25.0 Å². The lowest BCUT2D eigenvalue weighted by Crippen LogP contribution is -2.30. The number of hydrogen-bond acceptors (Lipinski definition) is 7. The number of pyridine rings is 1. The number of thiazole rings is 1. The van der Waals surface area contributed by atoms with Gasteiger partial charge in [-0.2, -0.15) is 0 Å². The Balaban J connectivity index is 1.60. The first-order valence-electron chi connectivity index (χ1n) is 11.5. The van der Waals surface area contributed by atoms with E-state index in [-0.39, 0.29) is 6.42 Å². The predicted molar refractivity (Wildman–Crippen MR) is 138 cm³/mol. The maximum absolute atomic E-state index is 13.2. The Bertz CT molecular complexity index is 1120. The highest BCUT2D eigenvalue weighted by molar-refractivity contribution is 7.22. The van der Waals surface area contributed by atoms with E-state index in [4.69, 9.17) is 11.1 Å². The minimum Gasteiger partial charge on any atom is -0.404 e. The average Bonchev–Trinajstić information content (AvgIpc) is 3.19. The summed E-state index contributed by atoms with van der Waals surface area (Å²) in [5, 5.41) is 11.5. The van der Waals surface area contributed by atoms with Crippen molar-refractivity contribution in [2.45, 2.75) is 45.5 Å². The van der Waals surface area contributed by atoms with Gasteiger partial charge < -0.3 is 21.4 Å². The van der Waals surface area contributed by atoms with Gasteiger partial charge in [0.1, 0.15) is 5.82 Å². The van der Waals surface area contributed by atoms with Gasteiger partial charge in [-0.25, -0.2) is 18.7 Å². The van der Waals surface area contributed by atoms with Gasteiger partial charge in [-0.3, -0.25) is 0 Å². The van der Waals surface area contributed by atoms with E-state index in [0.717, 1.165) is 71.6 Å². The summed E-state index contributed by atoms with van der Waals surface area (Å²) in [7, 11) is 0. The molecule has 182 valence electrons. The van der Waals surface area contributed by atoms with E-state index in [1.165, 1.54) is 23.8 Å². The lowest BCUT2D eigenvalue weighted by Gasteiger charge is -2.23. The number of alkyl halides is 2. The molecule has 34 heavy (non-hydrogen) atoms. The van der Waals surface area contributed by atoms with Gasteiger partial charge in [0, 0.05) is 37.2 Å². The second-order valence-electron chi connectivity index (χ2n) is 8.41. The van der Waals surface area contributed by atoms with Crippen molar-refractivity contribution in [3.05, 3.63) is 53.9 Å². The van der Waals surface area contributed by atoms with Crippen LogP contribution in [-0.2, 0) is 6.42 Å².